The van der Waals surface area contributed by atoms with Crippen LogP contribution in [0.5, 0.6) is 0 Å². The van der Waals surface area contributed by atoms with Crippen molar-refractivity contribution in [3.05, 3.63) is 237 Å². The predicted octanol–water partition coefficient (Wildman–Crippen LogP) is 13.3. The molecule has 0 fully saturated rings. The third-order valence-electron chi connectivity index (χ3n) is 13.8. The van der Waals surface area contributed by atoms with Crippen molar-refractivity contribution in [2.24, 2.45) is 20.4 Å². The van der Waals surface area contributed by atoms with Gasteiger partial charge in [-0.2, -0.15) is 0 Å². The minimum Gasteiger partial charge on any atom is -0.462 e. The van der Waals surface area contributed by atoms with Gasteiger partial charge in [-0.05, 0) is 83.9 Å². The van der Waals surface area contributed by atoms with Crippen LogP contribution in [0.15, 0.2) is 199 Å². The van der Waals surface area contributed by atoms with Crippen LogP contribution < -0.4 is 0 Å². The summed E-state index contributed by atoms with van der Waals surface area (Å²) in [5.74, 6) is -0.803. The van der Waals surface area contributed by atoms with E-state index in [2.05, 4.69) is 10.2 Å². The molecule has 13 rings (SSSR count). The second-order valence-electron chi connectivity index (χ2n) is 17.9. The molecule has 0 aliphatic heterocycles. The van der Waals surface area contributed by atoms with Gasteiger partial charge in [0.05, 0.1) is 24.3 Å². The summed E-state index contributed by atoms with van der Waals surface area (Å²) in [6, 6.07) is 53.4. The Morgan fingerprint density at radius 1 is 0.364 bits per heavy atom. The van der Waals surface area contributed by atoms with Gasteiger partial charge < -0.3 is 9.47 Å². The summed E-state index contributed by atoms with van der Waals surface area (Å²) < 4.78 is 11.6. The molecule has 0 saturated carbocycles. The Labute approximate surface area is 453 Å². The first-order chi connectivity index (χ1) is 37.8. The van der Waals surface area contributed by atoms with Crippen LogP contribution in [0.1, 0.15) is 99.8 Å². The number of ether oxygens (including phenoxy) is 2. The number of fused-ring (bicyclic) bond motifs is 12. The molecule has 0 bridgehead atoms. The van der Waals surface area contributed by atoms with Crippen molar-refractivity contribution in [3.8, 4) is 44.5 Å². The number of hydrogen-bond donors (Lipinski definition) is 0. The smallest absolute Gasteiger partial charge is 0.338 e. The van der Waals surface area contributed by atoms with Crippen molar-refractivity contribution in [2.75, 3.05) is 13.2 Å². The number of hydrogen-bond acceptors (Lipinski definition) is 15. The average molecular weight is 1060 g/mol. The maximum atomic E-state index is 14.4. The van der Waals surface area contributed by atoms with Gasteiger partial charge in [-0.3, -0.25) is 9.59 Å². The molecule has 0 atom stereocenters. The number of benzene rings is 8. The highest BCUT2D eigenvalue weighted by molar-refractivity contribution is 8.17. The molecule has 1 aromatic heterocycles. The molecule has 370 valence electrons. The van der Waals surface area contributed by atoms with E-state index in [0.717, 1.165) is 113 Å². The highest BCUT2D eigenvalue weighted by Crippen LogP contribution is 2.46. The van der Waals surface area contributed by atoms with Gasteiger partial charge in [-0.15, -0.1) is 30.6 Å². The van der Waals surface area contributed by atoms with Crippen LogP contribution in [0.25, 0.3) is 44.5 Å². The van der Waals surface area contributed by atoms with E-state index < -0.39 is 11.9 Å². The summed E-state index contributed by atoms with van der Waals surface area (Å²) in [6.45, 7) is 4.08. The number of aromatic nitrogens is 2. The lowest BCUT2D eigenvalue weighted by atomic mass is 9.99. The van der Waals surface area contributed by atoms with Crippen molar-refractivity contribution < 1.29 is 28.7 Å². The lowest BCUT2D eigenvalue weighted by molar-refractivity contribution is 0.0517. The molecule has 77 heavy (non-hydrogen) atoms. The lowest BCUT2D eigenvalue weighted by Gasteiger charge is -2.08. The monoisotopic (exact) mass is 1060 g/mol. The molecule has 0 unspecified atom stereocenters. The summed E-state index contributed by atoms with van der Waals surface area (Å²) >= 11 is 3.08. The maximum absolute atomic E-state index is 14.4. The molecule has 0 spiro atoms. The van der Waals surface area contributed by atoms with Crippen molar-refractivity contribution in [2.45, 2.75) is 22.5 Å². The molecular formula is C62H38N6O6S3. The highest BCUT2D eigenvalue weighted by Gasteiger charge is 2.35. The lowest BCUT2D eigenvalue weighted by Crippen LogP contribution is -2.07. The molecule has 15 heteroatoms. The SMILES string of the molecule is CCOC(=O)c1cccc2c1-c1ccccc1/C2=N\N=C1/c2ccccc2-c2c(C(=O)Sc3nnc(SC(=O)c4cccc5c4-c4ccccc4/C5=N\N=C4/c5ccccc5-c5c(C(=O)OCC)cccc54)s3)cccc21. The second-order valence-corrected chi connectivity index (χ2v) is 21.4. The Balaban J connectivity index is 0.779. The molecule has 9 aromatic rings. The Hall–Kier alpha value is -9.02. The van der Waals surface area contributed by atoms with Gasteiger partial charge >= 0.3 is 11.9 Å². The fourth-order valence-electron chi connectivity index (χ4n) is 10.6. The standard InChI is InChI=1S/C62H38N6O6S3/c1-3-73-57(69)45-29-13-25-41-49(45)33-17-5-9-21-37(33)53(41)63-65-55-39-23-11-7-19-35(39)51-43(55)27-15-31-47(51)59(71)75-61-67-68-62(77-61)76-60(72)48-32-16-28-44-52(48)36-20-8-12-24-40(36)56(44)66-64-54-38-22-10-6-18-34(38)50-42(54)26-14-30-46(50)58(70)74-4-2/h5-32H,3-4H2,1-2H3/b63-53+,64-54+,65-55+,66-56+. The molecule has 0 radical (unpaired) electrons. The van der Waals surface area contributed by atoms with E-state index in [0.29, 0.717) is 53.8 Å². The molecule has 0 amide bonds. The van der Waals surface area contributed by atoms with Crippen LogP contribution >= 0.6 is 34.9 Å². The van der Waals surface area contributed by atoms with Gasteiger partial charge in [-0.25, -0.2) is 9.59 Å². The molecule has 4 aliphatic carbocycles. The quantitative estimate of drug-likeness (QED) is 0.0732. The van der Waals surface area contributed by atoms with Crippen LogP contribution in [0, 0.1) is 0 Å². The van der Waals surface area contributed by atoms with Gasteiger partial charge in [-0.1, -0.05) is 157 Å². The fourth-order valence-corrected chi connectivity index (χ4v) is 13.4. The van der Waals surface area contributed by atoms with E-state index in [1.807, 2.05) is 146 Å². The fraction of sp³-hybridized carbons (Fsp3) is 0.0645. The average Bonchev–Trinajstić information content (AvgIpc) is 4.35. The first-order valence-electron chi connectivity index (χ1n) is 24.7. The maximum Gasteiger partial charge on any atom is 0.338 e. The number of rotatable bonds is 10. The zero-order valence-corrected chi connectivity index (χ0v) is 43.4. The molecule has 0 saturated heterocycles. The third-order valence-corrected chi connectivity index (χ3v) is 16.6. The van der Waals surface area contributed by atoms with E-state index in [1.54, 1.807) is 38.1 Å². The minimum absolute atomic E-state index is 0.245. The van der Waals surface area contributed by atoms with Crippen LogP contribution in [0.3, 0.4) is 0 Å². The Morgan fingerprint density at radius 2 is 0.623 bits per heavy atom. The molecule has 0 N–H and O–H groups in total. The van der Waals surface area contributed by atoms with Gasteiger partial charge in [0, 0.05) is 77.9 Å². The molecule has 8 aromatic carbocycles. The molecule has 4 aliphatic rings. The Kier molecular flexibility index (Phi) is 12.1. The van der Waals surface area contributed by atoms with Gasteiger partial charge in [0.1, 0.15) is 22.8 Å². The van der Waals surface area contributed by atoms with E-state index in [4.69, 9.17) is 29.9 Å². The van der Waals surface area contributed by atoms with Crippen LogP contribution in [0.2, 0.25) is 0 Å². The zero-order valence-electron chi connectivity index (χ0n) is 40.9. The third kappa shape index (κ3) is 8.00. The van der Waals surface area contributed by atoms with Crippen LogP contribution in [-0.4, -0.2) is 68.4 Å². The summed E-state index contributed by atoms with van der Waals surface area (Å²) in [7, 11) is 0. The van der Waals surface area contributed by atoms with Crippen molar-refractivity contribution in [1.82, 2.24) is 10.2 Å². The predicted molar refractivity (Wildman–Crippen MR) is 302 cm³/mol. The second kappa shape index (κ2) is 19.6. The largest absolute Gasteiger partial charge is 0.462 e. The highest BCUT2D eigenvalue weighted by atomic mass is 32.2. The minimum atomic E-state index is -0.401. The summed E-state index contributed by atoms with van der Waals surface area (Å²) in [6.07, 6.45) is 0. The number of thioether (sulfide) groups is 2. The number of nitrogens with zero attached hydrogens (tertiary/aromatic N) is 6. The normalized spacial score (nSPS) is 14.9. The number of carbonyl (C=O) groups is 4. The summed E-state index contributed by atoms with van der Waals surface area (Å²) in [5.41, 5.74) is 17.2. The van der Waals surface area contributed by atoms with Gasteiger partial charge in [0.2, 0.25) is 10.2 Å². The van der Waals surface area contributed by atoms with Crippen molar-refractivity contribution in [3.63, 3.8) is 0 Å². The number of carbonyl (C=O) groups excluding carboxylic acids is 4. The van der Waals surface area contributed by atoms with E-state index in [9.17, 15) is 19.2 Å². The molecular weight excluding hydrogens is 1020 g/mol. The van der Waals surface area contributed by atoms with Crippen LogP contribution in [-0.2, 0) is 9.47 Å². The topological polar surface area (TPSA) is 162 Å². The molecule has 12 nitrogen and oxygen atoms in total. The zero-order chi connectivity index (χ0) is 52.3. The Bertz CT molecular complexity index is 3930. The summed E-state index contributed by atoms with van der Waals surface area (Å²) in [4.78, 5) is 55.0. The molecule has 1 heterocycles. The van der Waals surface area contributed by atoms with Crippen LogP contribution in [0.4, 0.5) is 0 Å². The first kappa shape index (κ1) is 47.7. The first-order valence-corrected chi connectivity index (χ1v) is 27.1. The Morgan fingerprint density at radius 3 is 0.922 bits per heavy atom. The summed E-state index contributed by atoms with van der Waals surface area (Å²) in [5, 5.41) is 27.9. The van der Waals surface area contributed by atoms with E-state index >= 15 is 0 Å². The van der Waals surface area contributed by atoms with E-state index in [1.165, 1.54) is 11.3 Å². The van der Waals surface area contributed by atoms with Gasteiger partial charge in [0.15, 0.2) is 8.68 Å². The van der Waals surface area contributed by atoms with Crippen molar-refractivity contribution in [1.29, 1.82) is 0 Å². The van der Waals surface area contributed by atoms with E-state index in [-0.39, 0.29) is 23.4 Å². The van der Waals surface area contributed by atoms with Crippen molar-refractivity contribution >= 4 is 79.9 Å². The van der Waals surface area contributed by atoms with Gasteiger partial charge in [0.25, 0.3) is 0 Å². The number of esters is 2.